The van der Waals surface area contributed by atoms with Gasteiger partial charge in [0.15, 0.2) is 0 Å². The highest BCUT2D eigenvalue weighted by atomic mass is 16.5. The summed E-state index contributed by atoms with van der Waals surface area (Å²) in [5.74, 6) is 1.50. The van der Waals surface area contributed by atoms with Gasteiger partial charge < -0.3 is 4.74 Å². The van der Waals surface area contributed by atoms with Crippen molar-refractivity contribution in [2.45, 2.75) is 39.5 Å². The van der Waals surface area contributed by atoms with E-state index in [9.17, 15) is 4.79 Å². The van der Waals surface area contributed by atoms with Crippen LogP contribution in [0.15, 0.2) is 0 Å². The van der Waals surface area contributed by atoms with E-state index in [1.165, 1.54) is 0 Å². The summed E-state index contributed by atoms with van der Waals surface area (Å²) >= 11 is 0. The Labute approximate surface area is 80.7 Å². The molecular weight excluding hydrogens is 164 g/mol. The van der Waals surface area contributed by atoms with Gasteiger partial charge >= 0.3 is 0 Å². The topological polar surface area (TPSA) is 26.3 Å². The molecule has 0 bridgehead atoms. The lowest BCUT2D eigenvalue weighted by atomic mass is 10.1. The lowest BCUT2D eigenvalue weighted by Gasteiger charge is -2.05. The molecule has 1 fully saturated rings. The summed E-state index contributed by atoms with van der Waals surface area (Å²) in [4.78, 5) is 11.2. The molecule has 1 rings (SSSR count). The SMILES string of the molecule is CC(C)CCOCCC(=O)C1CC1. The van der Waals surface area contributed by atoms with Gasteiger partial charge in [-0.1, -0.05) is 13.8 Å². The van der Waals surface area contributed by atoms with Gasteiger partial charge in [0.05, 0.1) is 6.61 Å². The van der Waals surface area contributed by atoms with Gasteiger partial charge in [0.1, 0.15) is 5.78 Å². The van der Waals surface area contributed by atoms with Gasteiger partial charge in [-0.25, -0.2) is 0 Å². The van der Waals surface area contributed by atoms with E-state index in [0.29, 0.717) is 30.6 Å². The van der Waals surface area contributed by atoms with Crippen molar-refractivity contribution >= 4 is 5.78 Å². The summed E-state index contributed by atoms with van der Waals surface area (Å²) in [5, 5.41) is 0. The summed E-state index contributed by atoms with van der Waals surface area (Å²) < 4.78 is 5.37. The number of carbonyl (C=O) groups is 1. The van der Waals surface area contributed by atoms with Crippen LogP contribution < -0.4 is 0 Å². The zero-order valence-corrected chi connectivity index (χ0v) is 8.71. The first-order valence-electron chi connectivity index (χ1n) is 5.30. The lowest BCUT2D eigenvalue weighted by Crippen LogP contribution is -2.07. The molecule has 0 N–H and O–H groups in total. The Morgan fingerprint density at radius 3 is 2.62 bits per heavy atom. The molecule has 2 nitrogen and oxygen atoms in total. The minimum absolute atomic E-state index is 0.397. The fourth-order valence-corrected chi connectivity index (χ4v) is 1.20. The smallest absolute Gasteiger partial charge is 0.138 e. The number of hydrogen-bond donors (Lipinski definition) is 0. The van der Waals surface area contributed by atoms with Crippen LogP contribution in [-0.4, -0.2) is 19.0 Å². The number of hydrogen-bond acceptors (Lipinski definition) is 2. The van der Waals surface area contributed by atoms with E-state index in [0.717, 1.165) is 25.9 Å². The second-order valence-electron chi connectivity index (χ2n) is 4.29. The van der Waals surface area contributed by atoms with Gasteiger partial charge in [0, 0.05) is 18.9 Å². The van der Waals surface area contributed by atoms with Crippen molar-refractivity contribution in [1.82, 2.24) is 0 Å². The highest BCUT2D eigenvalue weighted by Crippen LogP contribution is 2.30. The predicted molar refractivity (Wildman–Crippen MR) is 52.6 cm³/mol. The molecular formula is C11H20O2. The normalized spacial score (nSPS) is 16.5. The standard InChI is InChI=1S/C11H20O2/c1-9(2)5-7-13-8-6-11(12)10-3-4-10/h9-10H,3-8H2,1-2H3. The molecule has 0 saturated heterocycles. The molecule has 0 amide bonds. The highest BCUT2D eigenvalue weighted by molar-refractivity contribution is 5.83. The fourth-order valence-electron chi connectivity index (χ4n) is 1.20. The molecule has 0 aromatic rings. The molecule has 0 atom stereocenters. The first-order valence-corrected chi connectivity index (χ1v) is 5.30. The molecule has 0 aliphatic heterocycles. The molecule has 1 aliphatic carbocycles. The van der Waals surface area contributed by atoms with E-state index in [1.54, 1.807) is 0 Å². The Morgan fingerprint density at radius 2 is 2.08 bits per heavy atom. The quantitative estimate of drug-likeness (QED) is 0.568. The maximum atomic E-state index is 11.2. The molecule has 0 aromatic heterocycles. The van der Waals surface area contributed by atoms with Crippen molar-refractivity contribution in [3.8, 4) is 0 Å². The Morgan fingerprint density at radius 1 is 1.38 bits per heavy atom. The molecule has 0 heterocycles. The van der Waals surface area contributed by atoms with Crippen molar-refractivity contribution in [2.75, 3.05) is 13.2 Å². The van der Waals surface area contributed by atoms with Crippen molar-refractivity contribution in [3.05, 3.63) is 0 Å². The Bertz CT molecular complexity index is 159. The third-order valence-corrected chi connectivity index (χ3v) is 2.37. The Kier molecular flexibility index (Phi) is 4.43. The van der Waals surface area contributed by atoms with Crippen molar-refractivity contribution < 1.29 is 9.53 Å². The summed E-state index contributed by atoms with van der Waals surface area (Å²) in [6.45, 7) is 5.79. The van der Waals surface area contributed by atoms with Crippen LogP contribution >= 0.6 is 0 Å². The summed E-state index contributed by atoms with van der Waals surface area (Å²) in [6.07, 6.45) is 3.95. The Hall–Kier alpha value is -0.370. The van der Waals surface area contributed by atoms with Crippen molar-refractivity contribution in [2.24, 2.45) is 11.8 Å². The van der Waals surface area contributed by atoms with Crippen LogP contribution in [0.25, 0.3) is 0 Å². The van der Waals surface area contributed by atoms with Gasteiger partial charge in [-0.3, -0.25) is 4.79 Å². The molecule has 1 saturated carbocycles. The second-order valence-corrected chi connectivity index (χ2v) is 4.29. The average Bonchev–Trinajstić information content (AvgIpc) is 2.85. The molecule has 0 unspecified atom stereocenters. The average molecular weight is 184 g/mol. The van der Waals surface area contributed by atoms with Gasteiger partial charge in [0.2, 0.25) is 0 Å². The highest BCUT2D eigenvalue weighted by Gasteiger charge is 2.28. The molecule has 13 heavy (non-hydrogen) atoms. The molecule has 1 aliphatic rings. The van der Waals surface area contributed by atoms with E-state index < -0.39 is 0 Å². The zero-order chi connectivity index (χ0) is 9.68. The van der Waals surface area contributed by atoms with Gasteiger partial charge in [-0.15, -0.1) is 0 Å². The van der Waals surface area contributed by atoms with E-state index >= 15 is 0 Å². The fraction of sp³-hybridized carbons (Fsp3) is 0.909. The maximum absolute atomic E-state index is 11.2. The molecule has 0 spiro atoms. The summed E-state index contributed by atoms with van der Waals surface area (Å²) in [6, 6.07) is 0. The maximum Gasteiger partial charge on any atom is 0.138 e. The molecule has 76 valence electrons. The third-order valence-electron chi connectivity index (χ3n) is 2.37. The lowest BCUT2D eigenvalue weighted by molar-refractivity contribution is -0.121. The number of rotatable bonds is 7. The van der Waals surface area contributed by atoms with Crippen LogP contribution in [0.1, 0.15) is 39.5 Å². The minimum atomic E-state index is 0.397. The van der Waals surface area contributed by atoms with Crippen LogP contribution in [0, 0.1) is 11.8 Å². The summed E-state index contributed by atoms with van der Waals surface area (Å²) in [5.41, 5.74) is 0. The Balaban J connectivity index is 1.86. The van der Waals surface area contributed by atoms with Gasteiger partial charge in [0.25, 0.3) is 0 Å². The van der Waals surface area contributed by atoms with Crippen LogP contribution in [0.5, 0.6) is 0 Å². The van der Waals surface area contributed by atoms with Gasteiger partial charge in [-0.05, 0) is 25.2 Å². The third kappa shape index (κ3) is 5.04. The van der Waals surface area contributed by atoms with Gasteiger partial charge in [-0.2, -0.15) is 0 Å². The van der Waals surface area contributed by atoms with Crippen LogP contribution in [0.2, 0.25) is 0 Å². The van der Waals surface area contributed by atoms with E-state index in [2.05, 4.69) is 13.8 Å². The first kappa shape index (κ1) is 10.7. The van der Waals surface area contributed by atoms with Crippen molar-refractivity contribution in [1.29, 1.82) is 0 Å². The molecule has 0 radical (unpaired) electrons. The summed E-state index contributed by atoms with van der Waals surface area (Å²) in [7, 11) is 0. The number of Topliss-reactive ketones (excluding diaryl/α,β-unsaturated/α-hetero) is 1. The van der Waals surface area contributed by atoms with Crippen LogP contribution in [0.4, 0.5) is 0 Å². The second kappa shape index (κ2) is 5.38. The van der Waals surface area contributed by atoms with Crippen molar-refractivity contribution in [3.63, 3.8) is 0 Å². The largest absolute Gasteiger partial charge is 0.381 e. The first-order chi connectivity index (χ1) is 6.20. The predicted octanol–water partition coefficient (Wildman–Crippen LogP) is 2.42. The molecule has 2 heteroatoms. The zero-order valence-electron chi connectivity index (χ0n) is 8.71. The van der Waals surface area contributed by atoms with E-state index in [-0.39, 0.29) is 0 Å². The van der Waals surface area contributed by atoms with Crippen LogP contribution in [-0.2, 0) is 9.53 Å². The number of ether oxygens (including phenoxy) is 1. The van der Waals surface area contributed by atoms with Crippen LogP contribution in [0.3, 0.4) is 0 Å². The monoisotopic (exact) mass is 184 g/mol. The minimum Gasteiger partial charge on any atom is -0.381 e. The van der Waals surface area contributed by atoms with E-state index in [1.807, 2.05) is 0 Å². The molecule has 0 aromatic carbocycles. The van der Waals surface area contributed by atoms with E-state index in [4.69, 9.17) is 4.74 Å². The number of ketones is 1. The number of carbonyl (C=O) groups excluding carboxylic acids is 1.